The Morgan fingerprint density at radius 3 is 2.67 bits per heavy atom. The van der Waals surface area contributed by atoms with Crippen molar-refractivity contribution in [1.82, 2.24) is 19.7 Å². The summed E-state index contributed by atoms with van der Waals surface area (Å²) in [5.41, 5.74) is 1.73. The van der Waals surface area contributed by atoms with Gasteiger partial charge in [-0.1, -0.05) is 13.8 Å². The third-order valence-corrected chi connectivity index (χ3v) is 3.98. The maximum atomic E-state index is 11.4. The van der Waals surface area contributed by atoms with Gasteiger partial charge in [-0.3, -0.25) is 4.68 Å². The summed E-state index contributed by atoms with van der Waals surface area (Å²) in [6.07, 6.45) is 3.68. The van der Waals surface area contributed by atoms with Crippen molar-refractivity contribution >= 4 is 17.7 Å². The Bertz CT molecular complexity index is 667. The number of carbonyl (C=O) groups is 1. The Morgan fingerprint density at radius 2 is 2.14 bits per heavy atom. The van der Waals surface area contributed by atoms with Crippen molar-refractivity contribution in [1.29, 1.82) is 0 Å². The lowest BCUT2D eigenvalue weighted by molar-refractivity contribution is 0.0690. The maximum Gasteiger partial charge on any atom is 0.340 e. The number of hydrogen-bond acceptors (Lipinski definition) is 5. The first-order valence-electron chi connectivity index (χ1n) is 6.60. The van der Waals surface area contributed by atoms with E-state index in [0.717, 1.165) is 5.56 Å². The second-order valence-corrected chi connectivity index (χ2v) is 6.08. The van der Waals surface area contributed by atoms with E-state index in [4.69, 9.17) is 0 Å². The molecule has 0 saturated carbocycles. The van der Waals surface area contributed by atoms with E-state index < -0.39 is 5.97 Å². The lowest BCUT2D eigenvalue weighted by atomic mass is 10.2. The summed E-state index contributed by atoms with van der Waals surface area (Å²) in [5, 5.41) is 14.0. The van der Waals surface area contributed by atoms with Crippen molar-refractivity contribution in [3.8, 4) is 0 Å². The second kappa shape index (κ2) is 6.26. The molecule has 7 heteroatoms. The van der Waals surface area contributed by atoms with Crippen molar-refractivity contribution < 1.29 is 9.90 Å². The molecule has 0 spiro atoms. The van der Waals surface area contributed by atoms with E-state index in [1.165, 1.54) is 11.8 Å². The van der Waals surface area contributed by atoms with Crippen LogP contribution < -0.4 is 0 Å². The third-order valence-electron chi connectivity index (χ3n) is 2.94. The summed E-state index contributed by atoms with van der Waals surface area (Å²) in [6.45, 7) is 5.70. The predicted molar refractivity (Wildman–Crippen MR) is 80.6 cm³/mol. The Kier molecular flexibility index (Phi) is 4.62. The monoisotopic (exact) mass is 306 g/mol. The van der Waals surface area contributed by atoms with E-state index >= 15 is 0 Å². The summed E-state index contributed by atoms with van der Waals surface area (Å²) in [7, 11) is 1.85. The standard InChI is InChI=1S/C14H18N4O2S/c1-8(2)12-16-9(3)11(14(19)20)13(17-12)21-7-10-5-15-18(4)6-10/h5-6,8H,7H2,1-4H3,(H,19,20). The molecule has 0 amide bonds. The molecule has 0 atom stereocenters. The van der Waals surface area contributed by atoms with E-state index in [1.54, 1.807) is 17.8 Å². The fraction of sp³-hybridized carbons (Fsp3) is 0.429. The number of aryl methyl sites for hydroxylation is 2. The van der Waals surface area contributed by atoms with Gasteiger partial charge in [0.15, 0.2) is 0 Å². The first kappa shape index (κ1) is 15.5. The molecule has 6 nitrogen and oxygen atoms in total. The number of aromatic nitrogens is 4. The van der Waals surface area contributed by atoms with Gasteiger partial charge in [0.05, 0.1) is 11.9 Å². The van der Waals surface area contributed by atoms with Gasteiger partial charge < -0.3 is 5.11 Å². The summed E-state index contributed by atoms with van der Waals surface area (Å²) in [4.78, 5) is 20.1. The van der Waals surface area contributed by atoms with Crippen LogP contribution in [0.25, 0.3) is 0 Å². The van der Waals surface area contributed by atoms with Crippen LogP contribution in [0.4, 0.5) is 0 Å². The van der Waals surface area contributed by atoms with Crippen LogP contribution in [0.3, 0.4) is 0 Å². The molecule has 2 aromatic heterocycles. The first-order chi connectivity index (χ1) is 9.88. The molecule has 1 N–H and O–H groups in total. The van der Waals surface area contributed by atoms with Gasteiger partial charge >= 0.3 is 5.97 Å². The zero-order valence-electron chi connectivity index (χ0n) is 12.5. The molecule has 2 rings (SSSR count). The van der Waals surface area contributed by atoms with E-state index in [1.807, 2.05) is 27.1 Å². The van der Waals surface area contributed by atoms with Crippen molar-refractivity contribution in [3.05, 3.63) is 35.0 Å². The molecule has 0 bridgehead atoms. The molecule has 0 aliphatic rings. The van der Waals surface area contributed by atoms with Gasteiger partial charge in [-0.15, -0.1) is 11.8 Å². The SMILES string of the molecule is Cc1nc(C(C)C)nc(SCc2cnn(C)c2)c1C(=O)O. The highest BCUT2D eigenvalue weighted by molar-refractivity contribution is 7.98. The van der Waals surface area contributed by atoms with E-state index in [9.17, 15) is 9.90 Å². The Balaban J connectivity index is 2.32. The van der Waals surface area contributed by atoms with Crippen LogP contribution in [0.5, 0.6) is 0 Å². The summed E-state index contributed by atoms with van der Waals surface area (Å²) >= 11 is 1.40. The van der Waals surface area contributed by atoms with Crippen LogP contribution >= 0.6 is 11.8 Å². The Morgan fingerprint density at radius 1 is 1.43 bits per heavy atom. The number of carboxylic acids is 1. The van der Waals surface area contributed by atoms with E-state index in [0.29, 0.717) is 22.3 Å². The molecule has 2 heterocycles. The van der Waals surface area contributed by atoms with Crippen molar-refractivity contribution in [2.24, 2.45) is 7.05 Å². The first-order valence-corrected chi connectivity index (χ1v) is 7.59. The summed E-state index contributed by atoms with van der Waals surface area (Å²) < 4.78 is 1.72. The maximum absolute atomic E-state index is 11.4. The Labute approximate surface area is 127 Å². The van der Waals surface area contributed by atoms with Gasteiger partial charge in [0, 0.05) is 30.5 Å². The highest BCUT2D eigenvalue weighted by Gasteiger charge is 2.19. The molecule has 0 fully saturated rings. The number of rotatable bonds is 5. The average molecular weight is 306 g/mol. The quantitative estimate of drug-likeness (QED) is 0.675. The zero-order chi connectivity index (χ0) is 15.6. The third kappa shape index (κ3) is 3.60. The number of hydrogen-bond donors (Lipinski definition) is 1. The van der Waals surface area contributed by atoms with E-state index in [2.05, 4.69) is 15.1 Å². The predicted octanol–water partition coefficient (Wildman–Crippen LogP) is 2.63. The molecule has 0 unspecified atom stereocenters. The number of aromatic carboxylic acids is 1. The average Bonchev–Trinajstić information content (AvgIpc) is 2.80. The fourth-order valence-electron chi connectivity index (χ4n) is 1.87. The van der Waals surface area contributed by atoms with Crippen molar-refractivity contribution in [3.63, 3.8) is 0 Å². The fourth-order valence-corrected chi connectivity index (χ4v) is 2.86. The van der Waals surface area contributed by atoms with Crippen LogP contribution in [0.2, 0.25) is 0 Å². The normalized spacial score (nSPS) is 11.1. The van der Waals surface area contributed by atoms with Crippen molar-refractivity contribution in [2.75, 3.05) is 0 Å². The molecular weight excluding hydrogens is 288 g/mol. The van der Waals surface area contributed by atoms with Crippen LogP contribution in [-0.2, 0) is 12.8 Å². The molecule has 0 aliphatic heterocycles. The minimum atomic E-state index is -0.989. The van der Waals surface area contributed by atoms with Gasteiger partial charge in [-0.25, -0.2) is 14.8 Å². The lowest BCUT2D eigenvalue weighted by Crippen LogP contribution is -2.10. The highest BCUT2D eigenvalue weighted by Crippen LogP contribution is 2.27. The number of thioether (sulfide) groups is 1. The zero-order valence-corrected chi connectivity index (χ0v) is 13.3. The molecule has 2 aromatic rings. The van der Waals surface area contributed by atoms with Crippen LogP contribution in [0, 0.1) is 6.92 Å². The second-order valence-electron chi connectivity index (χ2n) is 5.12. The van der Waals surface area contributed by atoms with Gasteiger partial charge in [0.25, 0.3) is 0 Å². The molecule has 0 saturated heterocycles. The minimum Gasteiger partial charge on any atom is -0.478 e. The van der Waals surface area contributed by atoms with Crippen LogP contribution in [0.15, 0.2) is 17.4 Å². The molecular formula is C14H18N4O2S. The van der Waals surface area contributed by atoms with Gasteiger partial charge in [0.2, 0.25) is 0 Å². The van der Waals surface area contributed by atoms with Crippen LogP contribution in [-0.4, -0.2) is 30.8 Å². The smallest absolute Gasteiger partial charge is 0.340 e. The topological polar surface area (TPSA) is 80.9 Å². The van der Waals surface area contributed by atoms with Crippen LogP contribution in [0.1, 0.15) is 47.2 Å². The molecule has 112 valence electrons. The molecule has 0 aliphatic carbocycles. The number of nitrogens with zero attached hydrogens (tertiary/aromatic N) is 4. The van der Waals surface area contributed by atoms with Gasteiger partial charge in [-0.05, 0) is 6.92 Å². The van der Waals surface area contributed by atoms with E-state index in [-0.39, 0.29) is 11.5 Å². The number of carboxylic acid groups (broad SMARTS) is 1. The summed E-state index contributed by atoms with van der Waals surface area (Å²) in [5.74, 6) is 0.467. The largest absolute Gasteiger partial charge is 0.478 e. The molecule has 0 aromatic carbocycles. The van der Waals surface area contributed by atoms with Gasteiger partial charge in [-0.2, -0.15) is 5.10 Å². The molecule has 21 heavy (non-hydrogen) atoms. The minimum absolute atomic E-state index is 0.157. The van der Waals surface area contributed by atoms with Crippen molar-refractivity contribution in [2.45, 2.75) is 37.5 Å². The van der Waals surface area contributed by atoms with Gasteiger partial charge in [0.1, 0.15) is 16.4 Å². The Hall–Kier alpha value is -1.89. The highest BCUT2D eigenvalue weighted by atomic mass is 32.2. The summed E-state index contributed by atoms with van der Waals surface area (Å²) in [6, 6.07) is 0. The lowest BCUT2D eigenvalue weighted by Gasteiger charge is -2.11. The molecule has 0 radical (unpaired) electrons.